The number of ether oxygens (including phenoxy) is 3. The number of carbonyl (C=O) groups excluding carboxylic acids is 1. The number of hydrogen-bond acceptors (Lipinski definition) is 6. The van der Waals surface area contributed by atoms with Crippen molar-refractivity contribution in [3.05, 3.63) is 90.4 Å². The number of para-hydroxylation sites is 1. The number of allylic oxidation sites excluding steroid dienone is 1. The molecule has 7 nitrogen and oxygen atoms in total. The number of ketones is 1. The van der Waals surface area contributed by atoms with Crippen molar-refractivity contribution in [1.29, 1.82) is 0 Å². The molecule has 0 fully saturated rings. The molecule has 0 saturated carbocycles. The molecule has 0 atom stereocenters. The number of rotatable bonds is 8. The standard InChI is InChI=1S/C26H23N3O4/c1-31-23-15-20(16-24(32-2)26(23)33-3)22(30)10-9-19-17-29(21-7-5-4-6-8-21)28-25(19)18-11-13-27-14-12-18/h4-17H,1-3H3/b10-9+. The molecule has 4 aromatic rings. The number of aromatic nitrogens is 3. The van der Waals surface area contributed by atoms with Crippen LogP contribution >= 0.6 is 0 Å². The van der Waals surface area contributed by atoms with Crippen LogP contribution in [-0.2, 0) is 0 Å². The summed E-state index contributed by atoms with van der Waals surface area (Å²) in [6.45, 7) is 0. The van der Waals surface area contributed by atoms with E-state index < -0.39 is 0 Å². The lowest BCUT2D eigenvalue weighted by molar-refractivity contribution is 0.104. The van der Waals surface area contributed by atoms with E-state index in [1.165, 1.54) is 27.4 Å². The maximum Gasteiger partial charge on any atom is 0.203 e. The lowest BCUT2D eigenvalue weighted by atomic mass is 10.1. The molecule has 166 valence electrons. The van der Waals surface area contributed by atoms with E-state index in [1.807, 2.05) is 48.7 Å². The smallest absolute Gasteiger partial charge is 0.203 e. The van der Waals surface area contributed by atoms with Gasteiger partial charge in [-0.3, -0.25) is 9.78 Å². The zero-order chi connectivity index (χ0) is 23.2. The second-order valence-electron chi connectivity index (χ2n) is 7.06. The van der Waals surface area contributed by atoms with Crippen LogP contribution in [-0.4, -0.2) is 41.9 Å². The fourth-order valence-electron chi connectivity index (χ4n) is 3.44. The number of hydrogen-bond donors (Lipinski definition) is 0. The van der Waals surface area contributed by atoms with Gasteiger partial charge in [-0.05, 0) is 48.6 Å². The van der Waals surface area contributed by atoms with Crippen LogP contribution in [0.5, 0.6) is 17.2 Å². The Bertz CT molecular complexity index is 1260. The number of nitrogens with zero attached hydrogens (tertiary/aromatic N) is 3. The van der Waals surface area contributed by atoms with E-state index in [9.17, 15) is 4.79 Å². The van der Waals surface area contributed by atoms with Gasteiger partial charge in [-0.25, -0.2) is 4.68 Å². The second kappa shape index (κ2) is 9.82. The normalized spacial score (nSPS) is 10.9. The molecular formula is C26H23N3O4. The van der Waals surface area contributed by atoms with Crippen molar-refractivity contribution in [2.75, 3.05) is 21.3 Å². The Hall–Kier alpha value is -4.39. The average Bonchev–Trinajstić information content (AvgIpc) is 3.31. The molecule has 2 heterocycles. The Morgan fingerprint density at radius 2 is 1.58 bits per heavy atom. The van der Waals surface area contributed by atoms with Crippen molar-refractivity contribution in [2.45, 2.75) is 0 Å². The van der Waals surface area contributed by atoms with Crippen molar-refractivity contribution < 1.29 is 19.0 Å². The van der Waals surface area contributed by atoms with Gasteiger partial charge >= 0.3 is 0 Å². The Balaban J connectivity index is 1.72. The molecule has 0 radical (unpaired) electrons. The number of pyridine rings is 1. The van der Waals surface area contributed by atoms with E-state index in [0.717, 1.165) is 22.5 Å². The van der Waals surface area contributed by atoms with Gasteiger partial charge in [0.1, 0.15) is 5.69 Å². The van der Waals surface area contributed by atoms with Gasteiger partial charge in [-0.15, -0.1) is 0 Å². The molecular weight excluding hydrogens is 418 g/mol. The second-order valence-corrected chi connectivity index (χ2v) is 7.06. The predicted molar refractivity (Wildman–Crippen MR) is 126 cm³/mol. The quantitative estimate of drug-likeness (QED) is 0.287. The van der Waals surface area contributed by atoms with E-state index in [2.05, 4.69) is 4.98 Å². The topological polar surface area (TPSA) is 75.5 Å². The zero-order valence-corrected chi connectivity index (χ0v) is 18.6. The van der Waals surface area contributed by atoms with Crippen molar-refractivity contribution in [1.82, 2.24) is 14.8 Å². The van der Waals surface area contributed by atoms with Gasteiger partial charge in [-0.2, -0.15) is 5.10 Å². The van der Waals surface area contributed by atoms with Crippen LogP contribution in [0.25, 0.3) is 23.0 Å². The van der Waals surface area contributed by atoms with Gasteiger partial charge in [0.05, 0.1) is 27.0 Å². The van der Waals surface area contributed by atoms with Gasteiger partial charge < -0.3 is 14.2 Å². The molecule has 0 aliphatic heterocycles. The third kappa shape index (κ3) is 4.62. The SMILES string of the molecule is COc1cc(C(=O)/C=C/c2cn(-c3ccccc3)nc2-c2ccncc2)cc(OC)c1OC. The lowest BCUT2D eigenvalue weighted by Gasteiger charge is -2.13. The van der Waals surface area contributed by atoms with Crippen LogP contribution < -0.4 is 14.2 Å². The van der Waals surface area contributed by atoms with E-state index in [4.69, 9.17) is 19.3 Å². The van der Waals surface area contributed by atoms with Crippen molar-refractivity contribution in [2.24, 2.45) is 0 Å². The largest absolute Gasteiger partial charge is 0.493 e. The Morgan fingerprint density at radius 3 is 2.18 bits per heavy atom. The monoisotopic (exact) mass is 441 g/mol. The molecule has 0 bridgehead atoms. The van der Waals surface area contributed by atoms with E-state index >= 15 is 0 Å². The minimum atomic E-state index is -0.206. The molecule has 4 rings (SSSR count). The Labute approximate surface area is 191 Å². The maximum atomic E-state index is 13.0. The van der Waals surface area contributed by atoms with Crippen LogP contribution in [0.15, 0.2) is 79.3 Å². The van der Waals surface area contributed by atoms with E-state index in [0.29, 0.717) is 22.8 Å². The third-order valence-electron chi connectivity index (χ3n) is 5.08. The van der Waals surface area contributed by atoms with E-state index in [1.54, 1.807) is 35.3 Å². The van der Waals surface area contributed by atoms with Gasteiger partial charge in [0.2, 0.25) is 5.75 Å². The highest BCUT2D eigenvalue weighted by atomic mass is 16.5. The molecule has 0 spiro atoms. The summed E-state index contributed by atoms with van der Waals surface area (Å²) < 4.78 is 17.8. The molecule has 0 aliphatic rings. The molecule has 0 amide bonds. The summed E-state index contributed by atoms with van der Waals surface area (Å²) in [5.74, 6) is 1.07. The number of carbonyl (C=O) groups is 1. The highest BCUT2D eigenvalue weighted by molar-refractivity contribution is 6.07. The number of methoxy groups -OCH3 is 3. The summed E-state index contributed by atoms with van der Waals surface area (Å²) in [6.07, 6.45) is 8.59. The molecule has 0 unspecified atom stereocenters. The van der Waals surface area contributed by atoms with Crippen LogP contribution in [0.2, 0.25) is 0 Å². The molecule has 0 saturated heterocycles. The first-order chi connectivity index (χ1) is 16.1. The Morgan fingerprint density at radius 1 is 0.909 bits per heavy atom. The van der Waals surface area contributed by atoms with Gasteiger partial charge in [-0.1, -0.05) is 18.2 Å². The van der Waals surface area contributed by atoms with Crippen LogP contribution in [0, 0.1) is 0 Å². The van der Waals surface area contributed by atoms with Gasteiger partial charge in [0.25, 0.3) is 0 Å². The van der Waals surface area contributed by atoms with Crippen LogP contribution in [0.1, 0.15) is 15.9 Å². The minimum Gasteiger partial charge on any atom is -0.493 e. The number of benzene rings is 2. The maximum absolute atomic E-state index is 13.0. The first kappa shape index (κ1) is 21.8. The van der Waals surface area contributed by atoms with Gasteiger partial charge in [0.15, 0.2) is 17.3 Å². The summed E-state index contributed by atoms with van der Waals surface area (Å²) in [5, 5.41) is 4.75. The summed E-state index contributed by atoms with van der Waals surface area (Å²) >= 11 is 0. The van der Waals surface area contributed by atoms with Gasteiger partial charge in [0, 0.05) is 35.3 Å². The summed E-state index contributed by atoms with van der Waals surface area (Å²) in [4.78, 5) is 17.1. The fourth-order valence-corrected chi connectivity index (χ4v) is 3.44. The average molecular weight is 441 g/mol. The fraction of sp³-hybridized carbons (Fsp3) is 0.115. The molecule has 2 aromatic heterocycles. The highest BCUT2D eigenvalue weighted by Gasteiger charge is 2.16. The third-order valence-corrected chi connectivity index (χ3v) is 5.08. The molecule has 7 heteroatoms. The minimum absolute atomic E-state index is 0.206. The summed E-state index contributed by atoms with van der Waals surface area (Å²) in [6, 6.07) is 16.8. The van der Waals surface area contributed by atoms with Crippen molar-refractivity contribution in [3.63, 3.8) is 0 Å². The Kier molecular flexibility index (Phi) is 6.50. The summed E-state index contributed by atoms with van der Waals surface area (Å²) in [7, 11) is 4.55. The molecule has 33 heavy (non-hydrogen) atoms. The molecule has 0 aliphatic carbocycles. The first-order valence-corrected chi connectivity index (χ1v) is 10.2. The van der Waals surface area contributed by atoms with Crippen molar-refractivity contribution >= 4 is 11.9 Å². The lowest BCUT2D eigenvalue weighted by Crippen LogP contribution is -2.00. The van der Waals surface area contributed by atoms with Crippen molar-refractivity contribution in [3.8, 4) is 34.2 Å². The molecule has 2 aromatic carbocycles. The van der Waals surface area contributed by atoms with E-state index in [-0.39, 0.29) is 5.78 Å². The summed E-state index contributed by atoms with van der Waals surface area (Å²) in [5.41, 5.74) is 3.78. The highest BCUT2D eigenvalue weighted by Crippen LogP contribution is 2.38. The molecule has 0 N–H and O–H groups in total. The predicted octanol–water partition coefficient (Wildman–Crippen LogP) is 4.86. The zero-order valence-electron chi connectivity index (χ0n) is 18.6. The van der Waals surface area contributed by atoms with Crippen LogP contribution in [0.3, 0.4) is 0 Å². The first-order valence-electron chi connectivity index (χ1n) is 10.2. The van der Waals surface area contributed by atoms with Crippen LogP contribution in [0.4, 0.5) is 0 Å².